The average Bonchev–Trinajstić information content (AvgIpc) is 2.95. The Morgan fingerprint density at radius 2 is 1.71 bits per heavy atom. The number of halogens is 2. The third-order valence-electron chi connectivity index (χ3n) is 6.46. The molecule has 41 heavy (non-hydrogen) atoms. The molecule has 0 bridgehead atoms. The van der Waals surface area contributed by atoms with Crippen molar-refractivity contribution in [3.05, 3.63) is 88.0 Å². The van der Waals surface area contributed by atoms with E-state index in [0.29, 0.717) is 33.4 Å². The summed E-state index contributed by atoms with van der Waals surface area (Å²) in [5.74, 6) is 0.0355. The number of pyridine rings is 1. The zero-order valence-corrected chi connectivity index (χ0v) is 24.5. The van der Waals surface area contributed by atoms with Gasteiger partial charge in [0.05, 0.1) is 17.3 Å². The molecule has 0 aliphatic carbocycles. The van der Waals surface area contributed by atoms with E-state index >= 15 is 0 Å². The summed E-state index contributed by atoms with van der Waals surface area (Å²) in [6.07, 6.45) is 0. The fourth-order valence-corrected chi connectivity index (χ4v) is 4.63. The predicted octanol–water partition coefficient (Wildman–Crippen LogP) is 6.20. The number of hydrogen-bond donors (Lipinski definition) is 2. The molecule has 0 unspecified atom stereocenters. The van der Waals surface area contributed by atoms with Gasteiger partial charge in [-0.3, -0.25) is 9.59 Å². The number of fused-ring (bicyclic) bond motifs is 1. The molecule has 0 atom stereocenters. The van der Waals surface area contributed by atoms with Gasteiger partial charge in [-0.2, -0.15) is 0 Å². The number of para-hydroxylation sites is 1. The summed E-state index contributed by atoms with van der Waals surface area (Å²) in [7, 11) is 3.19. The van der Waals surface area contributed by atoms with E-state index in [9.17, 15) is 14.4 Å². The van der Waals surface area contributed by atoms with Crippen LogP contribution in [0.15, 0.2) is 66.7 Å². The Hall–Kier alpha value is -4.34. The van der Waals surface area contributed by atoms with Gasteiger partial charge in [0.1, 0.15) is 17.9 Å². The van der Waals surface area contributed by atoms with Crippen LogP contribution in [0.2, 0.25) is 10.0 Å². The first kappa shape index (κ1) is 29.6. The maximum Gasteiger partial charge on any atom is 0.319 e. The molecule has 0 aliphatic rings. The lowest BCUT2D eigenvalue weighted by Crippen LogP contribution is -2.40. The molecule has 1 heterocycles. The number of nitrogens with zero attached hydrogens (tertiary/aromatic N) is 3. The first-order chi connectivity index (χ1) is 19.5. The van der Waals surface area contributed by atoms with E-state index in [0.717, 1.165) is 16.6 Å². The van der Waals surface area contributed by atoms with Crippen LogP contribution in [0.1, 0.15) is 18.2 Å². The lowest BCUT2D eigenvalue weighted by Gasteiger charge is -2.21. The highest BCUT2D eigenvalue weighted by Crippen LogP contribution is 2.35. The molecule has 4 amide bonds. The zero-order chi connectivity index (χ0) is 29.7. The first-order valence-corrected chi connectivity index (χ1v) is 13.4. The molecule has 0 aliphatic heterocycles. The molecule has 0 saturated heterocycles. The van der Waals surface area contributed by atoms with Crippen molar-refractivity contribution in [2.24, 2.45) is 0 Å². The Labute approximate surface area is 248 Å². The molecule has 11 heteroatoms. The number of nitrogens with one attached hydrogen (secondary N) is 2. The number of benzene rings is 3. The molecule has 0 saturated carbocycles. The number of rotatable bonds is 8. The van der Waals surface area contributed by atoms with E-state index in [4.69, 9.17) is 27.9 Å². The molecular weight excluding hydrogens is 565 g/mol. The Morgan fingerprint density at radius 1 is 0.951 bits per heavy atom. The third kappa shape index (κ3) is 7.06. The lowest BCUT2D eigenvalue weighted by atomic mass is 10.1. The van der Waals surface area contributed by atoms with Crippen LogP contribution in [0.25, 0.3) is 10.9 Å². The van der Waals surface area contributed by atoms with Crippen LogP contribution >= 0.6 is 23.2 Å². The number of carbonyl (C=O) groups is 3. The molecule has 0 radical (unpaired) electrons. The second kappa shape index (κ2) is 12.9. The largest absolute Gasteiger partial charge is 0.487 e. The molecule has 2 N–H and O–H groups in total. The van der Waals surface area contributed by atoms with Gasteiger partial charge in [-0.15, -0.1) is 0 Å². The second-order valence-corrected chi connectivity index (χ2v) is 10.1. The molecule has 212 valence electrons. The van der Waals surface area contributed by atoms with Gasteiger partial charge in [-0.25, -0.2) is 9.78 Å². The van der Waals surface area contributed by atoms with Gasteiger partial charge >= 0.3 is 6.03 Å². The lowest BCUT2D eigenvalue weighted by molar-refractivity contribution is -0.117. The molecule has 4 rings (SSSR count). The van der Waals surface area contributed by atoms with Crippen LogP contribution in [0, 0.1) is 6.92 Å². The normalized spacial score (nSPS) is 10.7. The molecule has 4 aromatic rings. The summed E-state index contributed by atoms with van der Waals surface area (Å²) in [6, 6.07) is 19.1. The van der Waals surface area contributed by atoms with Crippen LogP contribution < -0.4 is 25.2 Å². The van der Waals surface area contributed by atoms with Crippen molar-refractivity contribution in [3.63, 3.8) is 0 Å². The molecule has 3 aromatic carbocycles. The summed E-state index contributed by atoms with van der Waals surface area (Å²) >= 11 is 13.1. The van der Waals surface area contributed by atoms with Crippen molar-refractivity contribution in [1.29, 1.82) is 0 Å². The summed E-state index contributed by atoms with van der Waals surface area (Å²) in [6.45, 7) is 3.12. The van der Waals surface area contributed by atoms with Gasteiger partial charge in [0.2, 0.25) is 11.8 Å². The standard InChI is InChI=1S/C30H29Cl2N5O4/c1-18-11-12-20-7-5-10-26(29(20)34-18)41-17-23-24(31)13-14-25(28(23)32)37(4)27(39)16-33-30(40)35-21-8-6-9-22(15-21)36(3)19(2)38/h5-15H,16-17H2,1-4H3,(H2,33,35,40). The number of carbonyl (C=O) groups excluding carboxylic acids is 3. The van der Waals surface area contributed by atoms with E-state index in [1.54, 1.807) is 50.5 Å². The van der Waals surface area contributed by atoms with Crippen molar-refractivity contribution >= 4 is 69.0 Å². The van der Waals surface area contributed by atoms with E-state index in [-0.39, 0.29) is 24.1 Å². The number of ether oxygens (including phenoxy) is 1. The maximum atomic E-state index is 12.9. The number of likely N-dealkylation sites (N-methyl/N-ethyl adjacent to an activating group) is 1. The minimum Gasteiger partial charge on any atom is -0.487 e. The highest BCUT2D eigenvalue weighted by molar-refractivity contribution is 6.38. The molecule has 9 nitrogen and oxygen atoms in total. The van der Waals surface area contributed by atoms with Crippen LogP contribution in [0.5, 0.6) is 5.75 Å². The summed E-state index contributed by atoms with van der Waals surface area (Å²) in [5, 5.41) is 6.79. The quantitative estimate of drug-likeness (QED) is 0.253. The van der Waals surface area contributed by atoms with Crippen molar-refractivity contribution in [2.45, 2.75) is 20.5 Å². The van der Waals surface area contributed by atoms with E-state index in [1.807, 2.05) is 37.3 Å². The summed E-state index contributed by atoms with van der Waals surface area (Å²) in [5.41, 5.74) is 3.60. The van der Waals surface area contributed by atoms with Crippen molar-refractivity contribution < 1.29 is 19.1 Å². The maximum absolute atomic E-state index is 12.9. The number of anilines is 3. The van der Waals surface area contributed by atoms with Gasteiger partial charge in [-0.1, -0.05) is 47.5 Å². The van der Waals surface area contributed by atoms with Gasteiger partial charge in [0, 0.05) is 54.1 Å². The number of aryl methyl sites for hydroxylation is 1. The Kier molecular flexibility index (Phi) is 9.31. The van der Waals surface area contributed by atoms with E-state index < -0.39 is 11.9 Å². The molecule has 1 aromatic heterocycles. The van der Waals surface area contributed by atoms with Gasteiger partial charge in [0.25, 0.3) is 0 Å². The number of hydrogen-bond acceptors (Lipinski definition) is 5. The van der Waals surface area contributed by atoms with Crippen LogP contribution in [0.4, 0.5) is 21.9 Å². The molecule has 0 spiro atoms. The first-order valence-electron chi connectivity index (χ1n) is 12.7. The SMILES string of the molecule is CC(=O)N(C)c1cccc(NC(=O)NCC(=O)N(C)c2ccc(Cl)c(COc3cccc4ccc(C)nc34)c2Cl)c1. The van der Waals surface area contributed by atoms with Gasteiger partial charge in [0.15, 0.2) is 0 Å². The highest BCUT2D eigenvalue weighted by atomic mass is 35.5. The zero-order valence-electron chi connectivity index (χ0n) is 23.0. The minimum absolute atomic E-state index is 0.0564. The number of urea groups is 1. The van der Waals surface area contributed by atoms with Crippen molar-refractivity contribution in [1.82, 2.24) is 10.3 Å². The van der Waals surface area contributed by atoms with Gasteiger partial charge < -0.3 is 25.2 Å². The minimum atomic E-state index is -0.579. The van der Waals surface area contributed by atoms with Crippen molar-refractivity contribution in [2.75, 3.05) is 35.8 Å². The fraction of sp³-hybridized carbons (Fsp3) is 0.200. The topological polar surface area (TPSA) is 104 Å². The second-order valence-electron chi connectivity index (χ2n) is 9.32. The predicted molar refractivity (Wildman–Crippen MR) is 163 cm³/mol. The van der Waals surface area contributed by atoms with Crippen LogP contribution in [-0.4, -0.2) is 43.5 Å². The third-order valence-corrected chi connectivity index (χ3v) is 7.24. The fourth-order valence-electron chi connectivity index (χ4n) is 4.02. The smallest absolute Gasteiger partial charge is 0.319 e. The Morgan fingerprint density at radius 3 is 2.46 bits per heavy atom. The van der Waals surface area contributed by atoms with Crippen LogP contribution in [0.3, 0.4) is 0 Å². The van der Waals surface area contributed by atoms with E-state index in [2.05, 4.69) is 15.6 Å². The van der Waals surface area contributed by atoms with E-state index in [1.165, 1.54) is 16.7 Å². The molecular formula is C30H29Cl2N5O4. The Bertz CT molecular complexity index is 1630. The number of aromatic nitrogens is 1. The Balaban J connectivity index is 1.41. The monoisotopic (exact) mass is 593 g/mol. The van der Waals surface area contributed by atoms with Crippen molar-refractivity contribution in [3.8, 4) is 5.75 Å². The molecule has 0 fully saturated rings. The summed E-state index contributed by atoms with van der Waals surface area (Å²) < 4.78 is 6.07. The number of amides is 4. The van der Waals surface area contributed by atoms with Crippen LogP contribution in [-0.2, 0) is 16.2 Å². The van der Waals surface area contributed by atoms with Gasteiger partial charge in [-0.05, 0) is 49.4 Å². The summed E-state index contributed by atoms with van der Waals surface area (Å²) in [4.78, 5) is 44.4. The highest BCUT2D eigenvalue weighted by Gasteiger charge is 2.20. The average molecular weight is 594 g/mol.